The number of anilines is 1. The monoisotopic (exact) mass is 340 g/mol. The van der Waals surface area contributed by atoms with Crippen LogP contribution in [0.4, 0.5) is 10.2 Å². The predicted octanol–water partition coefficient (Wildman–Crippen LogP) is 2.90. The average molecular weight is 340 g/mol. The van der Waals surface area contributed by atoms with E-state index in [9.17, 15) is 9.50 Å². The highest BCUT2D eigenvalue weighted by atomic mass is 19.1. The Morgan fingerprint density at radius 1 is 1.20 bits per heavy atom. The summed E-state index contributed by atoms with van der Waals surface area (Å²) in [7, 11) is 0. The van der Waals surface area contributed by atoms with Crippen LogP contribution < -0.4 is 4.90 Å². The van der Waals surface area contributed by atoms with Crippen molar-refractivity contribution in [2.24, 2.45) is 0 Å². The van der Waals surface area contributed by atoms with Gasteiger partial charge in [-0.1, -0.05) is 17.3 Å². The van der Waals surface area contributed by atoms with Crippen LogP contribution in [0.15, 0.2) is 47.1 Å². The number of nitrogens with zero attached hydrogens (tertiary/aromatic N) is 4. The van der Waals surface area contributed by atoms with Crippen LogP contribution in [0, 0.1) is 5.82 Å². The molecule has 1 N–H and O–H groups in total. The molecule has 0 unspecified atom stereocenters. The second kappa shape index (κ2) is 6.60. The molecule has 0 aliphatic carbocycles. The molecule has 1 fully saturated rings. The quantitative estimate of drug-likeness (QED) is 0.790. The van der Waals surface area contributed by atoms with Gasteiger partial charge in [0.15, 0.2) is 0 Å². The van der Waals surface area contributed by atoms with Gasteiger partial charge in [-0.3, -0.25) is 0 Å². The van der Waals surface area contributed by atoms with Gasteiger partial charge in [-0.05, 0) is 37.1 Å². The molecule has 0 radical (unpaired) electrons. The van der Waals surface area contributed by atoms with Crippen molar-refractivity contribution in [2.75, 3.05) is 18.0 Å². The highest BCUT2D eigenvalue weighted by Crippen LogP contribution is 2.25. The van der Waals surface area contributed by atoms with Gasteiger partial charge in [-0.2, -0.15) is 4.98 Å². The first kappa shape index (κ1) is 15.7. The molecule has 7 heteroatoms. The summed E-state index contributed by atoms with van der Waals surface area (Å²) in [5, 5.41) is 13.6. The number of aliphatic hydroxyl groups excluding tert-OH is 1. The summed E-state index contributed by atoms with van der Waals surface area (Å²) >= 11 is 0. The molecule has 1 aliphatic heterocycles. The number of rotatable bonds is 3. The van der Waals surface area contributed by atoms with E-state index in [0.29, 0.717) is 17.7 Å². The van der Waals surface area contributed by atoms with Crippen LogP contribution in [0.3, 0.4) is 0 Å². The van der Waals surface area contributed by atoms with Crippen molar-refractivity contribution in [1.82, 2.24) is 15.1 Å². The predicted molar refractivity (Wildman–Crippen MR) is 90.4 cm³/mol. The fourth-order valence-corrected chi connectivity index (χ4v) is 2.96. The van der Waals surface area contributed by atoms with Gasteiger partial charge in [-0.25, -0.2) is 9.37 Å². The zero-order chi connectivity index (χ0) is 17.2. The maximum Gasteiger partial charge on any atom is 0.259 e. The Bertz CT molecular complexity index is 866. The molecule has 6 nitrogen and oxygen atoms in total. The van der Waals surface area contributed by atoms with Gasteiger partial charge < -0.3 is 14.5 Å². The molecule has 4 rings (SSSR count). The maximum absolute atomic E-state index is 13.8. The second-order valence-electron chi connectivity index (χ2n) is 6.05. The number of pyridine rings is 1. The molecular formula is C18H17FN4O2. The molecule has 0 bridgehead atoms. The summed E-state index contributed by atoms with van der Waals surface area (Å²) in [6, 6.07) is 9.99. The van der Waals surface area contributed by atoms with Crippen LogP contribution in [-0.2, 0) is 0 Å². The van der Waals surface area contributed by atoms with E-state index in [1.54, 1.807) is 24.4 Å². The van der Waals surface area contributed by atoms with E-state index in [2.05, 4.69) is 20.0 Å². The van der Waals surface area contributed by atoms with E-state index in [1.807, 2.05) is 12.1 Å². The first-order valence-corrected chi connectivity index (χ1v) is 8.19. The molecule has 1 saturated heterocycles. The molecule has 1 atom stereocenters. The molecule has 1 aromatic carbocycles. The largest absolute Gasteiger partial charge is 0.391 e. The lowest BCUT2D eigenvalue weighted by atomic mass is 10.1. The maximum atomic E-state index is 13.8. The number of hydrogen-bond donors (Lipinski definition) is 1. The van der Waals surface area contributed by atoms with E-state index >= 15 is 0 Å². The Balaban J connectivity index is 1.56. The minimum atomic E-state index is -0.396. The number of benzene rings is 1. The summed E-state index contributed by atoms with van der Waals surface area (Å²) in [6.07, 6.45) is 3.11. The Hall–Kier alpha value is -2.80. The molecule has 0 saturated carbocycles. The highest BCUT2D eigenvalue weighted by molar-refractivity contribution is 5.60. The molecule has 3 heterocycles. The number of aliphatic hydroxyl groups is 1. The van der Waals surface area contributed by atoms with E-state index in [-0.39, 0.29) is 17.8 Å². The van der Waals surface area contributed by atoms with E-state index in [4.69, 9.17) is 4.52 Å². The first-order valence-electron chi connectivity index (χ1n) is 8.19. The van der Waals surface area contributed by atoms with Gasteiger partial charge in [0, 0.05) is 19.3 Å². The summed E-state index contributed by atoms with van der Waals surface area (Å²) < 4.78 is 19.1. The molecule has 128 valence electrons. The Morgan fingerprint density at radius 3 is 2.84 bits per heavy atom. The lowest BCUT2D eigenvalue weighted by Crippen LogP contribution is -2.38. The number of halogens is 1. The first-order chi connectivity index (χ1) is 12.2. The zero-order valence-corrected chi connectivity index (χ0v) is 13.5. The summed E-state index contributed by atoms with van der Waals surface area (Å²) in [6.45, 7) is 1.46. The van der Waals surface area contributed by atoms with Crippen molar-refractivity contribution in [3.63, 3.8) is 0 Å². The molecule has 3 aromatic rings. The Morgan fingerprint density at radius 2 is 2.08 bits per heavy atom. The molecular weight excluding hydrogens is 323 g/mol. The van der Waals surface area contributed by atoms with Crippen molar-refractivity contribution >= 4 is 5.82 Å². The van der Waals surface area contributed by atoms with Crippen molar-refractivity contribution in [3.05, 3.63) is 48.4 Å². The van der Waals surface area contributed by atoms with Gasteiger partial charge in [0.05, 0.1) is 17.2 Å². The summed E-state index contributed by atoms with van der Waals surface area (Å²) in [4.78, 5) is 10.7. The lowest BCUT2D eigenvalue weighted by molar-refractivity contribution is 0.154. The minimum absolute atomic E-state index is 0.205. The Kier molecular flexibility index (Phi) is 4.15. The van der Waals surface area contributed by atoms with Gasteiger partial charge in [0.25, 0.3) is 5.89 Å². The smallest absolute Gasteiger partial charge is 0.259 e. The fraction of sp³-hybridized carbons (Fsp3) is 0.278. The average Bonchev–Trinajstić information content (AvgIpc) is 3.12. The summed E-state index contributed by atoms with van der Waals surface area (Å²) in [5.41, 5.74) is 0.959. The van der Waals surface area contributed by atoms with Crippen LogP contribution in [-0.4, -0.2) is 39.4 Å². The molecule has 2 aromatic heterocycles. The third-order valence-corrected chi connectivity index (χ3v) is 4.26. The van der Waals surface area contributed by atoms with Gasteiger partial charge in [0.2, 0.25) is 5.82 Å². The van der Waals surface area contributed by atoms with Crippen molar-refractivity contribution in [3.8, 4) is 22.8 Å². The van der Waals surface area contributed by atoms with E-state index < -0.39 is 5.82 Å². The van der Waals surface area contributed by atoms with Crippen LogP contribution in [0.5, 0.6) is 0 Å². The number of piperidine rings is 1. The van der Waals surface area contributed by atoms with Crippen LogP contribution in [0.25, 0.3) is 22.8 Å². The van der Waals surface area contributed by atoms with Crippen LogP contribution in [0.1, 0.15) is 12.8 Å². The van der Waals surface area contributed by atoms with Crippen molar-refractivity contribution in [1.29, 1.82) is 0 Å². The van der Waals surface area contributed by atoms with Crippen molar-refractivity contribution < 1.29 is 14.0 Å². The third kappa shape index (κ3) is 3.23. The van der Waals surface area contributed by atoms with Gasteiger partial charge in [0.1, 0.15) is 11.6 Å². The van der Waals surface area contributed by atoms with E-state index in [1.165, 1.54) is 6.07 Å². The third-order valence-electron chi connectivity index (χ3n) is 4.26. The summed E-state index contributed by atoms with van der Waals surface area (Å²) in [5.74, 6) is 0.899. The van der Waals surface area contributed by atoms with Crippen molar-refractivity contribution in [2.45, 2.75) is 18.9 Å². The standard InChI is InChI=1S/C18H17FN4O2/c19-15-6-2-1-5-14(15)17-21-18(25-22-17)12-7-8-16(20-10-12)23-9-3-4-13(24)11-23/h1-2,5-8,10,13,24H,3-4,9,11H2/t13-/m0/s1. The molecule has 1 aliphatic rings. The normalized spacial score (nSPS) is 17.7. The lowest BCUT2D eigenvalue weighted by Gasteiger charge is -2.30. The highest BCUT2D eigenvalue weighted by Gasteiger charge is 2.19. The van der Waals surface area contributed by atoms with Gasteiger partial charge >= 0.3 is 0 Å². The fourth-order valence-electron chi connectivity index (χ4n) is 2.96. The molecule has 0 spiro atoms. The molecule has 25 heavy (non-hydrogen) atoms. The SMILES string of the molecule is O[C@H]1CCCN(c2ccc(-c3nc(-c4ccccc4F)no3)cn2)C1. The van der Waals surface area contributed by atoms with Gasteiger partial charge in [-0.15, -0.1) is 0 Å². The second-order valence-corrected chi connectivity index (χ2v) is 6.05. The molecule has 0 amide bonds. The van der Waals surface area contributed by atoms with Crippen LogP contribution in [0.2, 0.25) is 0 Å². The number of hydrogen-bond acceptors (Lipinski definition) is 6. The minimum Gasteiger partial charge on any atom is -0.391 e. The number of β-amino-alcohol motifs (C(OH)–C–C–N with tert-alkyl or cyclic N) is 1. The topological polar surface area (TPSA) is 75.3 Å². The van der Waals surface area contributed by atoms with Crippen LogP contribution >= 0.6 is 0 Å². The zero-order valence-electron chi connectivity index (χ0n) is 13.5. The number of aromatic nitrogens is 3. The Labute approximate surface area is 143 Å². The van der Waals surface area contributed by atoms with E-state index in [0.717, 1.165) is 25.2 Å².